The molecular formula is C28H23Cl2N3O5. The van der Waals surface area contributed by atoms with Gasteiger partial charge in [-0.05, 0) is 80.9 Å². The number of carbonyl (C=O) groups excluding carboxylic acids is 4. The smallest absolute Gasteiger partial charge is 0.338 e. The predicted octanol–water partition coefficient (Wildman–Crippen LogP) is 5.90. The number of esters is 1. The van der Waals surface area contributed by atoms with Gasteiger partial charge in [0.15, 0.2) is 0 Å². The molecule has 0 aromatic heterocycles. The fourth-order valence-electron chi connectivity index (χ4n) is 3.68. The highest BCUT2D eigenvalue weighted by Crippen LogP contribution is 2.31. The van der Waals surface area contributed by atoms with Crippen LogP contribution in [0.5, 0.6) is 0 Å². The molecule has 0 fully saturated rings. The van der Waals surface area contributed by atoms with E-state index in [2.05, 4.69) is 10.6 Å². The van der Waals surface area contributed by atoms with E-state index in [1.54, 1.807) is 50.2 Å². The summed E-state index contributed by atoms with van der Waals surface area (Å²) in [4.78, 5) is 51.8. The third-order valence-corrected chi connectivity index (χ3v) is 6.16. The molecule has 0 spiro atoms. The molecule has 3 aromatic carbocycles. The van der Waals surface area contributed by atoms with E-state index in [-0.39, 0.29) is 34.0 Å². The Kier molecular flexibility index (Phi) is 7.85. The van der Waals surface area contributed by atoms with Crippen LogP contribution < -0.4 is 15.5 Å². The van der Waals surface area contributed by atoms with Gasteiger partial charge in [0.25, 0.3) is 17.7 Å². The zero-order valence-electron chi connectivity index (χ0n) is 20.7. The Balaban J connectivity index is 1.50. The van der Waals surface area contributed by atoms with E-state index in [0.717, 1.165) is 10.5 Å². The predicted molar refractivity (Wildman–Crippen MR) is 147 cm³/mol. The lowest BCUT2D eigenvalue weighted by Gasteiger charge is -2.16. The molecule has 2 N–H and O–H groups in total. The number of aryl methyl sites for hydroxylation is 1. The summed E-state index contributed by atoms with van der Waals surface area (Å²) in [6.07, 6.45) is -0.286. The molecule has 0 atom stereocenters. The third kappa shape index (κ3) is 5.72. The van der Waals surface area contributed by atoms with E-state index in [1.807, 2.05) is 6.92 Å². The summed E-state index contributed by atoms with van der Waals surface area (Å²) in [5, 5.41) is 5.86. The zero-order chi connectivity index (χ0) is 27.6. The Morgan fingerprint density at radius 2 is 1.61 bits per heavy atom. The van der Waals surface area contributed by atoms with Gasteiger partial charge in [0.05, 0.1) is 17.4 Å². The number of hydrogen-bond acceptors (Lipinski definition) is 6. The standard InChI is InChI=1S/C28H23Cl2N3O5/c1-15(2)38-28(37)17-8-11-21(12-9-17)33-26(35)23(30)24(27(33)36)31-20-6-4-5-18(13-20)25(34)32-22-14-19(29)10-7-16(22)3/h4-15,31H,1-3H3,(H,32,34). The lowest BCUT2D eigenvalue weighted by Crippen LogP contribution is -2.32. The molecule has 0 aliphatic carbocycles. The van der Waals surface area contributed by atoms with Gasteiger partial charge in [0.2, 0.25) is 0 Å². The second-order valence-corrected chi connectivity index (χ2v) is 9.57. The average Bonchev–Trinajstić information content (AvgIpc) is 3.09. The van der Waals surface area contributed by atoms with Gasteiger partial charge in [-0.1, -0.05) is 35.3 Å². The molecule has 0 saturated carbocycles. The summed E-state index contributed by atoms with van der Waals surface area (Å²) in [6.45, 7) is 5.31. The van der Waals surface area contributed by atoms with E-state index < -0.39 is 17.8 Å². The van der Waals surface area contributed by atoms with Crippen LogP contribution in [0.4, 0.5) is 17.1 Å². The molecule has 10 heteroatoms. The van der Waals surface area contributed by atoms with Crippen molar-refractivity contribution in [3.05, 3.63) is 99.2 Å². The number of anilines is 3. The molecule has 0 saturated heterocycles. The van der Waals surface area contributed by atoms with Gasteiger partial charge >= 0.3 is 5.97 Å². The number of halogens is 2. The SMILES string of the molecule is Cc1ccc(Cl)cc1NC(=O)c1cccc(NC2=C(Cl)C(=O)N(c3ccc(C(=O)OC(C)C)cc3)C2=O)c1. The first kappa shape index (κ1) is 26.9. The van der Waals surface area contributed by atoms with Crippen LogP contribution in [0.2, 0.25) is 5.02 Å². The number of amides is 3. The molecule has 0 unspecified atom stereocenters. The summed E-state index contributed by atoms with van der Waals surface area (Å²) < 4.78 is 5.15. The van der Waals surface area contributed by atoms with Gasteiger partial charge in [0, 0.05) is 22.0 Å². The highest BCUT2D eigenvalue weighted by Gasteiger charge is 2.39. The van der Waals surface area contributed by atoms with E-state index in [0.29, 0.717) is 22.0 Å². The van der Waals surface area contributed by atoms with Crippen LogP contribution in [0.3, 0.4) is 0 Å². The lowest BCUT2D eigenvalue weighted by molar-refractivity contribution is -0.120. The van der Waals surface area contributed by atoms with Crippen LogP contribution in [0, 0.1) is 6.92 Å². The molecule has 3 amide bonds. The molecular weight excluding hydrogens is 529 g/mol. The Morgan fingerprint density at radius 3 is 2.29 bits per heavy atom. The van der Waals surface area contributed by atoms with Crippen molar-refractivity contribution >= 4 is 64.0 Å². The number of nitrogens with zero attached hydrogens (tertiary/aromatic N) is 1. The number of nitrogens with one attached hydrogen (secondary N) is 2. The summed E-state index contributed by atoms with van der Waals surface area (Å²) in [7, 11) is 0. The van der Waals surface area contributed by atoms with E-state index in [1.165, 1.54) is 30.3 Å². The minimum atomic E-state index is -0.720. The van der Waals surface area contributed by atoms with E-state index in [4.69, 9.17) is 27.9 Å². The van der Waals surface area contributed by atoms with E-state index in [9.17, 15) is 19.2 Å². The fraction of sp³-hybridized carbons (Fsp3) is 0.143. The molecule has 194 valence electrons. The number of hydrogen-bond donors (Lipinski definition) is 2. The maximum absolute atomic E-state index is 13.1. The van der Waals surface area contributed by atoms with Crippen LogP contribution in [-0.4, -0.2) is 29.8 Å². The molecule has 8 nitrogen and oxygen atoms in total. The molecule has 0 radical (unpaired) electrons. The van der Waals surface area contributed by atoms with Gasteiger partial charge in [-0.25, -0.2) is 9.69 Å². The van der Waals surface area contributed by atoms with Crippen LogP contribution >= 0.6 is 23.2 Å². The second-order valence-electron chi connectivity index (χ2n) is 8.75. The van der Waals surface area contributed by atoms with Crippen molar-refractivity contribution in [2.24, 2.45) is 0 Å². The number of ether oxygens (including phenoxy) is 1. The van der Waals surface area contributed by atoms with Gasteiger partial charge in [-0.3, -0.25) is 14.4 Å². The average molecular weight is 552 g/mol. The minimum absolute atomic E-state index is 0.136. The maximum atomic E-state index is 13.1. The fourth-order valence-corrected chi connectivity index (χ4v) is 4.07. The van der Waals surface area contributed by atoms with Crippen molar-refractivity contribution in [2.75, 3.05) is 15.5 Å². The first-order valence-corrected chi connectivity index (χ1v) is 12.3. The van der Waals surface area contributed by atoms with Crippen LogP contribution in [0.1, 0.15) is 40.1 Å². The topological polar surface area (TPSA) is 105 Å². The highest BCUT2D eigenvalue weighted by atomic mass is 35.5. The first-order valence-electron chi connectivity index (χ1n) is 11.6. The molecule has 1 aliphatic rings. The van der Waals surface area contributed by atoms with Crippen LogP contribution in [-0.2, 0) is 14.3 Å². The van der Waals surface area contributed by atoms with Crippen molar-refractivity contribution in [1.29, 1.82) is 0 Å². The Hall–Kier alpha value is -4.14. The molecule has 3 aromatic rings. The Bertz CT molecular complexity index is 1480. The van der Waals surface area contributed by atoms with Gasteiger partial charge in [-0.2, -0.15) is 0 Å². The van der Waals surface area contributed by atoms with Gasteiger partial charge in [-0.15, -0.1) is 0 Å². The van der Waals surface area contributed by atoms with E-state index >= 15 is 0 Å². The normalized spacial score (nSPS) is 13.3. The number of benzene rings is 3. The molecule has 1 heterocycles. The number of carbonyl (C=O) groups is 4. The summed E-state index contributed by atoms with van der Waals surface area (Å²) >= 11 is 12.3. The van der Waals surface area contributed by atoms with Crippen molar-refractivity contribution in [3.63, 3.8) is 0 Å². The first-order chi connectivity index (χ1) is 18.0. The zero-order valence-corrected chi connectivity index (χ0v) is 22.2. The maximum Gasteiger partial charge on any atom is 0.338 e. The summed E-state index contributed by atoms with van der Waals surface area (Å²) in [5.41, 5.74) is 2.48. The lowest BCUT2D eigenvalue weighted by atomic mass is 10.1. The molecule has 0 bridgehead atoms. The molecule has 1 aliphatic heterocycles. The van der Waals surface area contributed by atoms with Crippen molar-refractivity contribution < 1.29 is 23.9 Å². The summed E-state index contributed by atoms with van der Waals surface area (Å²) in [5.74, 6) is -2.30. The van der Waals surface area contributed by atoms with Crippen LogP contribution in [0.15, 0.2) is 77.5 Å². The number of imide groups is 1. The van der Waals surface area contributed by atoms with Crippen molar-refractivity contribution in [3.8, 4) is 0 Å². The third-order valence-electron chi connectivity index (χ3n) is 5.57. The Morgan fingerprint density at radius 1 is 0.895 bits per heavy atom. The largest absolute Gasteiger partial charge is 0.459 e. The van der Waals surface area contributed by atoms with Crippen molar-refractivity contribution in [2.45, 2.75) is 26.9 Å². The quantitative estimate of drug-likeness (QED) is 0.279. The highest BCUT2D eigenvalue weighted by molar-refractivity contribution is 6.53. The molecule has 38 heavy (non-hydrogen) atoms. The van der Waals surface area contributed by atoms with Gasteiger partial charge in [0.1, 0.15) is 10.7 Å². The van der Waals surface area contributed by atoms with Gasteiger partial charge < -0.3 is 15.4 Å². The number of rotatable bonds is 7. The second kappa shape index (κ2) is 11.1. The molecule has 4 rings (SSSR count). The minimum Gasteiger partial charge on any atom is -0.459 e. The monoisotopic (exact) mass is 551 g/mol. The van der Waals surface area contributed by atoms with Crippen molar-refractivity contribution in [1.82, 2.24) is 0 Å². The summed E-state index contributed by atoms with van der Waals surface area (Å²) in [6, 6.07) is 17.4. The Labute approximate surface area is 229 Å². The van der Waals surface area contributed by atoms with Crippen LogP contribution in [0.25, 0.3) is 0 Å².